The summed E-state index contributed by atoms with van der Waals surface area (Å²) >= 11 is 0.627. The van der Waals surface area contributed by atoms with Crippen molar-refractivity contribution >= 4 is 23.4 Å². The molecule has 0 aliphatic heterocycles. The summed E-state index contributed by atoms with van der Waals surface area (Å²) in [6, 6.07) is 2.22. The lowest BCUT2D eigenvalue weighted by molar-refractivity contribution is 0.0527. The van der Waals surface area contributed by atoms with E-state index in [1.54, 1.807) is 12.3 Å². The molecular formula is C10H9FN2O2S. The average Bonchev–Trinajstić information content (AvgIpc) is 2.22. The number of halogens is 1. The fourth-order valence-electron chi connectivity index (χ4n) is 1.08. The highest BCUT2D eigenvalue weighted by atomic mass is 32.2. The number of nitrogen functional groups attached to an aromatic ring is 1. The summed E-state index contributed by atoms with van der Waals surface area (Å²) in [5.41, 5.74) is 5.55. The molecule has 84 valence electrons. The monoisotopic (exact) mass is 240 g/mol. The molecule has 0 spiro atoms. The van der Waals surface area contributed by atoms with E-state index in [4.69, 9.17) is 15.7 Å². The van der Waals surface area contributed by atoms with Crippen molar-refractivity contribution in [2.24, 2.45) is 0 Å². The van der Waals surface area contributed by atoms with Crippen LogP contribution in [-0.4, -0.2) is 12.6 Å². The number of esters is 1. The molecule has 0 aliphatic carbocycles. The van der Waals surface area contributed by atoms with Crippen molar-refractivity contribution in [2.75, 3.05) is 12.3 Å². The molecule has 1 aromatic carbocycles. The summed E-state index contributed by atoms with van der Waals surface area (Å²) < 4.78 is 18.0. The van der Waals surface area contributed by atoms with Gasteiger partial charge in [0, 0.05) is 5.69 Å². The normalized spacial score (nSPS) is 9.56. The molecule has 0 fully saturated rings. The predicted octanol–water partition coefficient (Wildman–Crippen LogP) is 2.16. The van der Waals surface area contributed by atoms with Crippen LogP contribution in [-0.2, 0) is 4.74 Å². The van der Waals surface area contributed by atoms with E-state index in [-0.39, 0.29) is 22.8 Å². The lowest BCUT2D eigenvalue weighted by Gasteiger charge is -2.07. The lowest BCUT2D eigenvalue weighted by Crippen LogP contribution is -2.08. The molecule has 0 saturated carbocycles. The Kier molecular flexibility index (Phi) is 4.14. The lowest BCUT2D eigenvalue weighted by atomic mass is 10.2. The van der Waals surface area contributed by atoms with Crippen LogP contribution in [0.2, 0.25) is 0 Å². The Hall–Kier alpha value is -1.74. The van der Waals surface area contributed by atoms with Crippen molar-refractivity contribution in [1.29, 1.82) is 5.26 Å². The molecular weight excluding hydrogens is 231 g/mol. The molecule has 1 rings (SSSR count). The van der Waals surface area contributed by atoms with Gasteiger partial charge in [0.1, 0.15) is 11.2 Å². The summed E-state index contributed by atoms with van der Waals surface area (Å²) in [6.07, 6.45) is 0. The van der Waals surface area contributed by atoms with Crippen LogP contribution < -0.4 is 5.73 Å². The molecule has 0 bridgehead atoms. The highest BCUT2D eigenvalue weighted by Crippen LogP contribution is 2.26. The zero-order valence-corrected chi connectivity index (χ0v) is 9.31. The largest absolute Gasteiger partial charge is 0.462 e. The number of thiocyanates is 1. The third-order valence-electron chi connectivity index (χ3n) is 1.75. The van der Waals surface area contributed by atoms with Gasteiger partial charge in [0.05, 0.1) is 17.1 Å². The number of hydrogen-bond acceptors (Lipinski definition) is 5. The number of anilines is 1. The molecule has 6 heteroatoms. The summed E-state index contributed by atoms with van der Waals surface area (Å²) in [5.74, 6) is -1.25. The summed E-state index contributed by atoms with van der Waals surface area (Å²) in [5, 5.41) is 10.2. The Morgan fingerprint density at radius 2 is 2.38 bits per heavy atom. The summed E-state index contributed by atoms with van der Waals surface area (Å²) in [7, 11) is 0. The second-order valence-corrected chi connectivity index (χ2v) is 3.61. The van der Waals surface area contributed by atoms with Crippen molar-refractivity contribution in [2.45, 2.75) is 11.8 Å². The van der Waals surface area contributed by atoms with Gasteiger partial charge in [-0.15, -0.1) is 0 Å². The number of benzene rings is 1. The Morgan fingerprint density at radius 1 is 1.69 bits per heavy atom. The number of thioether (sulfide) groups is 1. The van der Waals surface area contributed by atoms with Crippen LogP contribution in [0.1, 0.15) is 17.3 Å². The number of carbonyl (C=O) groups is 1. The van der Waals surface area contributed by atoms with Crippen LogP contribution in [0.4, 0.5) is 10.1 Å². The van der Waals surface area contributed by atoms with E-state index < -0.39 is 11.8 Å². The van der Waals surface area contributed by atoms with E-state index >= 15 is 0 Å². The zero-order valence-electron chi connectivity index (χ0n) is 8.49. The number of hydrogen-bond donors (Lipinski definition) is 1. The highest BCUT2D eigenvalue weighted by Gasteiger charge is 2.15. The van der Waals surface area contributed by atoms with E-state index in [1.807, 2.05) is 0 Å². The topological polar surface area (TPSA) is 76.1 Å². The molecule has 16 heavy (non-hydrogen) atoms. The van der Waals surface area contributed by atoms with Gasteiger partial charge in [0.15, 0.2) is 0 Å². The molecule has 2 N–H and O–H groups in total. The number of nitrogens with two attached hydrogens (primary N) is 1. The Labute approximate surface area is 96.2 Å². The second kappa shape index (κ2) is 5.37. The number of nitriles is 1. The van der Waals surface area contributed by atoms with Gasteiger partial charge in [0.25, 0.3) is 0 Å². The number of nitrogens with zero attached hydrogens (tertiary/aromatic N) is 1. The Bertz CT molecular complexity index is 457. The SMILES string of the molecule is CCOC(=O)c1cc(SC#N)c(F)cc1N. The van der Waals surface area contributed by atoms with E-state index in [9.17, 15) is 9.18 Å². The quantitative estimate of drug-likeness (QED) is 0.379. The minimum absolute atomic E-state index is 0.00163. The molecule has 4 nitrogen and oxygen atoms in total. The minimum Gasteiger partial charge on any atom is -0.462 e. The second-order valence-electron chi connectivity index (χ2n) is 2.78. The van der Waals surface area contributed by atoms with Crippen molar-refractivity contribution in [1.82, 2.24) is 0 Å². The minimum atomic E-state index is -0.628. The van der Waals surface area contributed by atoms with E-state index in [2.05, 4.69) is 0 Å². The van der Waals surface area contributed by atoms with Crippen LogP contribution in [0.5, 0.6) is 0 Å². The summed E-state index contributed by atoms with van der Waals surface area (Å²) in [6.45, 7) is 1.86. The molecule has 0 amide bonds. The first-order chi connectivity index (χ1) is 7.60. The van der Waals surface area contributed by atoms with E-state index in [0.29, 0.717) is 11.8 Å². The van der Waals surface area contributed by atoms with Gasteiger partial charge in [-0.05, 0) is 30.8 Å². The van der Waals surface area contributed by atoms with Gasteiger partial charge in [-0.1, -0.05) is 0 Å². The first-order valence-corrected chi connectivity index (χ1v) is 5.23. The standard InChI is InChI=1S/C10H9FN2O2S/c1-2-15-10(14)6-3-9(16-5-12)7(11)4-8(6)13/h3-4H,2,13H2,1H3. The fraction of sp³-hybridized carbons (Fsp3) is 0.200. The van der Waals surface area contributed by atoms with Crippen molar-refractivity contribution in [3.05, 3.63) is 23.5 Å². The fourth-order valence-corrected chi connectivity index (χ4v) is 1.51. The molecule has 1 aromatic rings. The number of carbonyl (C=O) groups excluding carboxylic acids is 1. The van der Waals surface area contributed by atoms with Crippen LogP contribution in [0.3, 0.4) is 0 Å². The van der Waals surface area contributed by atoms with Crippen molar-refractivity contribution in [3.8, 4) is 5.40 Å². The summed E-state index contributed by atoms with van der Waals surface area (Å²) in [4.78, 5) is 11.5. The molecule has 0 aliphatic rings. The van der Waals surface area contributed by atoms with Crippen molar-refractivity contribution < 1.29 is 13.9 Å². The Balaban J connectivity index is 3.15. The molecule has 0 radical (unpaired) electrons. The smallest absolute Gasteiger partial charge is 0.340 e. The predicted molar refractivity (Wildman–Crippen MR) is 58.2 cm³/mol. The van der Waals surface area contributed by atoms with Crippen LogP contribution in [0, 0.1) is 16.5 Å². The van der Waals surface area contributed by atoms with Crippen LogP contribution >= 0.6 is 11.8 Å². The first kappa shape index (κ1) is 12.3. The maximum absolute atomic E-state index is 13.3. The van der Waals surface area contributed by atoms with Crippen LogP contribution in [0.25, 0.3) is 0 Å². The van der Waals surface area contributed by atoms with Gasteiger partial charge in [-0.3, -0.25) is 0 Å². The van der Waals surface area contributed by atoms with Gasteiger partial charge < -0.3 is 10.5 Å². The van der Waals surface area contributed by atoms with E-state index in [0.717, 1.165) is 6.07 Å². The third kappa shape index (κ3) is 2.64. The van der Waals surface area contributed by atoms with Crippen molar-refractivity contribution in [3.63, 3.8) is 0 Å². The third-order valence-corrected chi connectivity index (χ3v) is 2.38. The van der Waals surface area contributed by atoms with Gasteiger partial charge >= 0.3 is 5.97 Å². The zero-order chi connectivity index (χ0) is 12.1. The first-order valence-electron chi connectivity index (χ1n) is 4.42. The number of rotatable bonds is 3. The van der Waals surface area contributed by atoms with Gasteiger partial charge in [0.2, 0.25) is 0 Å². The molecule has 0 aromatic heterocycles. The van der Waals surface area contributed by atoms with Crippen LogP contribution in [0.15, 0.2) is 17.0 Å². The molecule has 0 atom stereocenters. The molecule has 0 heterocycles. The maximum atomic E-state index is 13.3. The van der Waals surface area contributed by atoms with Gasteiger partial charge in [-0.2, -0.15) is 5.26 Å². The number of ether oxygens (including phenoxy) is 1. The molecule has 0 saturated heterocycles. The maximum Gasteiger partial charge on any atom is 0.340 e. The van der Waals surface area contributed by atoms with Gasteiger partial charge in [-0.25, -0.2) is 9.18 Å². The highest BCUT2D eigenvalue weighted by molar-refractivity contribution is 8.03. The van der Waals surface area contributed by atoms with E-state index in [1.165, 1.54) is 6.07 Å². The molecule has 0 unspecified atom stereocenters. The average molecular weight is 240 g/mol. The Morgan fingerprint density at radius 3 is 2.94 bits per heavy atom.